The molecule has 24 heavy (non-hydrogen) atoms. The second-order valence-electron chi connectivity index (χ2n) is 5.72. The number of aryl methyl sites for hydroxylation is 2. The second-order valence-corrected chi connectivity index (χ2v) is 5.72. The molecule has 126 valence electrons. The second kappa shape index (κ2) is 8.15. The zero-order chi connectivity index (χ0) is 17.5. The van der Waals surface area contributed by atoms with E-state index in [9.17, 15) is 9.59 Å². The van der Waals surface area contributed by atoms with Crippen LogP contribution in [-0.2, 0) is 16.1 Å². The maximum atomic E-state index is 12.0. The van der Waals surface area contributed by atoms with Gasteiger partial charge in [0.25, 0.3) is 0 Å². The summed E-state index contributed by atoms with van der Waals surface area (Å²) in [5.41, 5.74) is 3.66. The standard InChI is InChI=1S/C19H21NO4/c1-13-8-9-16(14(2)10-13)17(11-18(21)22)20-19(23)24-12-15-6-4-3-5-7-15/h3-10,17H,11-12H2,1-2H3,(H,20,23)(H,21,22)/t17-/m0/s1. The lowest BCUT2D eigenvalue weighted by Gasteiger charge is -2.19. The number of alkyl carbamates (subject to hydrolysis) is 1. The highest BCUT2D eigenvalue weighted by molar-refractivity contribution is 5.72. The topological polar surface area (TPSA) is 75.6 Å². The fourth-order valence-corrected chi connectivity index (χ4v) is 2.54. The van der Waals surface area contributed by atoms with Gasteiger partial charge in [-0.25, -0.2) is 4.79 Å². The van der Waals surface area contributed by atoms with E-state index in [-0.39, 0.29) is 13.0 Å². The van der Waals surface area contributed by atoms with E-state index in [2.05, 4.69) is 5.32 Å². The van der Waals surface area contributed by atoms with Gasteiger partial charge in [0.2, 0.25) is 0 Å². The average molecular weight is 327 g/mol. The summed E-state index contributed by atoms with van der Waals surface area (Å²) in [6, 6.07) is 14.4. The third-order valence-corrected chi connectivity index (χ3v) is 3.68. The summed E-state index contributed by atoms with van der Waals surface area (Å²) >= 11 is 0. The van der Waals surface area contributed by atoms with Crippen molar-refractivity contribution in [1.29, 1.82) is 0 Å². The largest absolute Gasteiger partial charge is 0.481 e. The van der Waals surface area contributed by atoms with Crippen molar-refractivity contribution in [3.05, 3.63) is 70.8 Å². The Balaban J connectivity index is 2.05. The SMILES string of the molecule is Cc1ccc([C@H](CC(=O)O)NC(=O)OCc2ccccc2)c(C)c1. The van der Waals surface area contributed by atoms with Crippen molar-refractivity contribution in [3.63, 3.8) is 0 Å². The number of aliphatic carboxylic acids is 1. The third-order valence-electron chi connectivity index (χ3n) is 3.68. The Morgan fingerprint density at radius 2 is 1.83 bits per heavy atom. The predicted molar refractivity (Wildman–Crippen MR) is 90.7 cm³/mol. The normalized spacial score (nSPS) is 11.6. The molecule has 0 radical (unpaired) electrons. The Labute approximate surface area is 141 Å². The van der Waals surface area contributed by atoms with Gasteiger partial charge in [-0.1, -0.05) is 54.1 Å². The minimum absolute atomic E-state index is 0.138. The van der Waals surface area contributed by atoms with Gasteiger partial charge in [0.05, 0.1) is 12.5 Å². The molecule has 0 saturated heterocycles. The van der Waals surface area contributed by atoms with E-state index in [1.54, 1.807) is 0 Å². The first-order valence-corrected chi connectivity index (χ1v) is 7.72. The van der Waals surface area contributed by atoms with Crippen molar-refractivity contribution < 1.29 is 19.4 Å². The lowest BCUT2D eigenvalue weighted by molar-refractivity contribution is -0.137. The van der Waals surface area contributed by atoms with Crippen LogP contribution in [0.5, 0.6) is 0 Å². The van der Waals surface area contributed by atoms with Crippen LogP contribution in [0.15, 0.2) is 48.5 Å². The number of carboxylic acid groups (broad SMARTS) is 1. The Morgan fingerprint density at radius 1 is 1.12 bits per heavy atom. The fourth-order valence-electron chi connectivity index (χ4n) is 2.54. The van der Waals surface area contributed by atoms with Gasteiger partial charge in [0.1, 0.15) is 6.61 Å². The van der Waals surface area contributed by atoms with Gasteiger partial charge in [0.15, 0.2) is 0 Å². The molecule has 1 amide bonds. The maximum absolute atomic E-state index is 12.0. The number of carboxylic acids is 1. The molecule has 0 aliphatic heterocycles. The van der Waals surface area contributed by atoms with E-state index >= 15 is 0 Å². The van der Waals surface area contributed by atoms with Crippen LogP contribution in [0.2, 0.25) is 0 Å². The van der Waals surface area contributed by atoms with Gasteiger partial charge >= 0.3 is 12.1 Å². The zero-order valence-corrected chi connectivity index (χ0v) is 13.8. The zero-order valence-electron chi connectivity index (χ0n) is 13.8. The van der Waals surface area contributed by atoms with Crippen LogP contribution in [0.4, 0.5) is 4.79 Å². The highest BCUT2D eigenvalue weighted by Gasteiger charge is 2.20. The molecule has 5 heteroatoms. The highest BCUT2D eigenvalue weighted by atomic mass is 16.5. The Bertz CT molecular complexity index is 713. The fraction of sp³-hybridized carbons (Fsp3) is 0.263. The van der Waals surface area contributed by atoms with Crippen molar-refractivity contribution >= 4 is 12.1 Å². The monoisotopic (exact) mass is 327 g/mol. The molecule has 1 atom stereocenters. The molecule has 2 rings (SSSR count). The first-order chi connectivity index (χ1) is 11.5. The van der Waals surface area contributed by atoms with Gasteiger partial charge in [-0.15, -0.1) is 0 Å². The summed E-state index contributed by atoms with van der Waals surface area (Å²) in [4.78, 5) is 23.2. The molecule has 0 heterocycles. The molecule has 2 N–H and O–H groups in total. The van der Waals surface area contributed by atoms with Crippen LogP contribution in [0.1, 0.15) is 34.7 Å². The van der Waals surface area contributed by atoms with Gasteiger partial charge in [-0.3, -0.25) is 4.79 Å². The molecule has 0 bridgehead atoms. The Hall–Kier alpha value is -2.82. The maximum Gasteiger partial charge on any atom is 0.407 e. The number of ether oxygens (including phenoxy) is 1. The van der Waals surface area contributed by atoms with Crippen LogP contribution in [-0.4, -0.2) is 17.2 Å². The van der Waals surface area contributed by atoms with Crippen LogP contribution < -0.4 is 5.32 Å². The minimum atomic E-state index is -0.983. The average Bonchev–Trinajstić information content (AvgIpc) is 2.53. The number of rotatable bonds is 6. The van der Waals surface area contributed by atoms with E-state index in [1.165, 1.54) is 0 Å². The van der Waals surface area contributed by atoms with Crippen molar-refractivity contribution in [2.24, 2.45) is 0 Å². The molecular weight excluding hydrogens is 306 g/mol. The molecule has 2 aromatic rings. The quantitative estimate of drug-likeness (QED) is 0.847. The summed E-state index contributed by atoms with van der Waals surface area (Å²) in [5.74, 6) is -0.983. The lowest BCUT2D eigenvalue weighted by Crippen LogP contribution is -2.31. The van der Waals surface area contributed by atoms with Crippen LogP contribution in [0.25, 0.3) is 0 Å². The molecule has 5 nitrogen and oxygen atoms in total. The molecular formula is C19H21NO4. The number of benzene rings is 2. The highest BCUT2D eigenvalue weighted by Crippen LogP contribution is 2.22. The van der Waals surface area contributed by atoms with Crippen LogP contribution in [0.3, 0.4) is 0 Å². The van der Waals surface area contributed by atoms with Gasteiger partial charge in [0, 0.05) is 0 Å². The summed E-state index contributed by atoms with van der Waals surface area (Å²) in [6.07, 6.45) is -0.838. The molecule has 0 aliphatic rings. The van der Waals surface area contributed by atoms with E-state index < -0.39 is 18.1 Å². The van der Waals surface area contributed by atoms with Gasteiger partial charge in [-0.2, -0.15) is 0 Å². The summed E-state index contributed by atoms with van der Waals surface area (Å²) in [5, 5.41) is 11.8. The number of hydrogen-bond acceptors (Lipinski definition) is 3. The molecule has 0 aliphatic carbocycles. The van der Waals surface area contributed by atoms with Crippen LogP contribution in [0, 0.1) is 13.8 Å². The molecule has 0 saturated carbocycles. The molecule has 0 spiro atoms. The third kappa shape index (κ3) is 5.12. The Kier molecular flexibility index (Phi) is 5.95. The number of carbonyl (C=O) groups excluding carboxylic acids is 1. The van der Waals surface area contributed by atoms with Gasteiger partial charge in [-0.05, 0) is 30.5 Å². The minimum Gasteiger partial charge on any atom is -0.481 e. The molecule has 2 aromatic carbocycles. The predicted octanol–water partition coefficient (Wildman–Crippen LogP) is 3.75. The van der Waals surface area contributed by atoms with Gasteiger partial charge < -0.3 is 15.2 Å². The number of carbonyl (C=O) groups is 2. The first kappa shape index (κ1) is 17.5. The van der Waals surface area contributed by atoms with E-state index in [0.29, 0.717) is 0 Å². The molecule has 0 unspecified atom stereocenters. The summed E-state index contributed by atoms with van der Waals surface area (Å²) in [6.45, 7) is 4.00. The molecule has 0 fully saturated rings. The lowest BCUT2D eigenvalue weighted by atomic mass is 9.97. The van der Waals surface area contributed by atoms with Crippen molar-refractivity contribution in [1.82, 2.24) is 5.32 Å². The van der Waals surface area contributed by atoms with Crippen molar-refractivity contribution in [2.45, 2.75) is 32.9 Å². The summed E-state index contributed by atoms with van der Waals surface area (Å²) in [7, 11) is 0. The van der Waals surface area contributed by atoms with E-state index in [4.69, 9.17) is 9.84 Å². The smallest absolute Gasteiger partial charge is 0.407 e. The van der Waals surface area contributed by atoms with Crippen molar-refractivity contribution in [2.75, 3.05) is 0 Å². The van der Waals surface area contributed by atoms with Crippen molar-refractivity contribution in [3.8, 4) is 0 Å². The number of amides is 1. The first-order valence-electron chi connectivity index (χ1n) is 7.72. The summed E-state index contributed by atoms with van der Waals surface area (Å²) < 4.78 is 5.18. The number of nitrogens with one attached hydrogen (secondary N) is 1. The van der Waals surface area contributed by atoms with E-state index in [1.807, 2.05) is 62.4 Å². The van der Waals surface area contributed by atoms with Crippen LogP contribution >= 0.6 is 0 Å². The number of hydrogen-bond donors (Lipinski definition) is 2. The Morgan fingerprint density at radius 3 is 2.46 bits per heavy atom. The molecule has 0 aromatic heterocycles. The van der Waals surface area contributed by atoms with E-state index in [0.717, 1.165) is 22.3 Å².